The molecule has 0 aromatic heterocycles. The fourth-order valence-corrected chi connectivity index (χ4v) is 1.69. The van der Waals surface area contributed by atoms with Gasteiger partial charge in [-0.3, -0.25) is 14.5 Å². The lowest BCUT2D eigenvalue weighted by Crippen LogP contribution is -2.33. The van der Waals surface area contributed by atoms with E-state index in [4.69, 9.17) is 5.11 Å². The molecule has 1 fully saturated rings. The van der Waals surface area contributed by atoms with Crippen LogP contribution in [-0.4, -0.2) is 47.6 Å². The Balaban J connectivity index is 2.22. The molecule has 0 aromatic carbocycles. The number of amides is 1. The summed E-state index contributed by atoms with van der Waals surface area (Å²) in [5.74, 6) is -0.730. The monoisotopic (exact) mass is 228 g/mol. The second-order valence-electron chi connectivity index (χ2n) is 4.11. The Kier molecular flexibility index (Phi) is 5.25. The molecule has 5 nitrogen and oxygen atoms in total. The molecule has 1 aliphatic rings. The van der Waals surface area contributed by atoms with Gasteiger partial charge in [-0.1, -0.05) is 0 Å². The quantitative estimate of drug-likeness (QED) is 0.633. The van der Waals surface area contributed by atoms with E-state index in [-0.39, 0.29) is 12.3 Å². The Morgan fingerprint density at radius 1 is 1.31 bits per heavy atom. The molecule has 0 aliphatic heterocycles. The van der Waals surface area contributed by atoms with Crippen molar-refractivity contribution in [3.05, 3.63) is 0 Å². The summed E-state index contributed by atoms with van der Waals surface area (Å²) >= 11 is 0. The van der Waals surface area contributed by atoms with Gasteiger partial charge in [0.2, 0.25) is 5.91 Å². The minimum absolute atomic E-state index is 0.0449. The fraction of sp³-hybridized carbons (Fsp3) is 0.818. The lowest BCUT2D eigenvalue weighted by Gasteiger charge is -2.20. The molecular formula is C11H20N2O3. The Morgan fingerprint density at radius 2 is 1.94 bits per heavy atom. The second-order valence-corrected chi connectivity index (χ2v) is 4.11. The van der Waals surface area contributed by atoms with Gasteiger partial charge in [-0.05, 0) is 19.8 Å². The Bertz CT molecular complexity index is 252. The van der Waals surface area contributed by atoms with Crippen molar-refractivity contribution in [2.75, 3.05) is 19.6 Å². The van der Waals surface area contributed by atoms with Crippen molar-refractivity contribution in [3.8, 4) is 0 Å². The van der Waals surface area contributed by atoms with Crippen LogP contribution in [0.3, 0.4) is 0 Å². The van der Waals surface area contributed by atoms with Crippen LogP contribution in [0.25, 0.3) is 0 Å². The van der Waals surface area contributed by atoms with Crippen molar-refractivity contribution >= 4 is 11.9 Å². The van der Waals surface area contributed by atoms with Gasteiger partial charge in [0.15, 0.2) is 0 Å². The van der Waals surface area contributed by atoms with Crippen LogP contribution in [0.5, 0.6) is 0 Å². The van der Waals surface area contributed by atoms with Crippen LogP contribution >= 0.6 is 0 Å². The number of carbonyl (C=O) groups excluding carboxylic acids is 1. The van der Waals surface area contributed by atoms with E-state index in [0.717, 1.165) is 12.8 Å². The summed E-state index contributed by atoms with van der Waals surface area (Å²) in [4.78, 5) is 23.9. The molecular weight excluding hydrogens is 208 g/mol. The lowest BCUT2D eigenvalue weighted by atomic mass is 10.3. The second kappa shape index (κ2) is 6.48. The molecule has 5 heteroatoms. The third-order valence-electron chi connectivity index (χ3n) is 2.68. The van der Waals surface area contributed by atoms with Crippen molar-refractivity contribution in [2.45, 2.75) is 38.6 Å². The van der Waals surface area contributed by atoms with E-state index < -0.39 is 5.97 Å². The average Bonchev–Trinajstić information content (AvgIpc) is 3.01. The van der Waals surface area contributed by atoms with Crippen molar-refractivity contribution < 1.29 is 14.7 Å². The molecule has 1 aliphatic carbocycles. The maximum Gasteiger partial charge on any atom is 0.304 e. The van der Waals surface area contributed by atoms with Crippen LogP contribution in [0.1, 0.15) is 32.6 Å². The van der Waals surface area contributed by atoms with Gasteiger partial charge >= 0.3 is 5.97 Å². The number of aliphatic carboxylic acids is 1. The lowest BCUT2D eigenvalue weighted by molar-refractivity contribution is -0.137. The summed E-state index contributed by atoms with van der Waals surface area (Å²) < 4.78 is 0. The fourth-order valence-electron chi connectivity index (χ4n) is 1.69. The normalized spacial score (nSPS) is 15.1. The predicted octanol–water partition coefficient (Wildman–Crippen LogP) is 0.452. The summed E-state index contributed by atoms with van der Waals surface area (Å²) in [6.45, 7) is 3.77. The van der Waals surface area contributed by atoms with Gasteiger partial charge < -0.3 is 10.4 Å². The number of rotatable bonds is 8. The van der Waals surface area contributed by atoms with Gasteiger partial charge in [0.05, 0.1) is 6.42 Å². The number of nitrogens with one attached hydrogen (secondary N) is 1. The van der Waals surface area contributed by atoms with E-state index in [0.29, 0.717) is 32.1 Å². The van der Waals surface area contributed by atoms with E-state index in [9.17, 15) is 9.59 Å². The molecule has 2 N–H and O–H groups in total. The Hall–Kier alpha value is -1.10. The zero-order chi connectivity index (χ0) is 12.0. The zero-order valence-electron chi connectivity index (χ0n) is 9.74. The Morgan fingerprint density at radius 3 is 2.44 bits per heavy atom. The SMILES string of the molecule is CCNC(=O)CCN(CCC(=O)O)C1CC1. The number of hydrogen-bond acceptors (Lipinski definition) is 3. The van der Waals surface area contributed by atoms with Crippen LogP contribution in [-0.2, 0) is 9.59 Å². The number of nitrogens with zero attached hydrogens (tertiary/aromatic N) is 1. The first-order valence-corrected chi connectivity index (χ1v) is 5.86. The molecule has 1 rings (SSSR count). The molecule has 0 saturated heterocycles. The summed E-state index contributed by atoms with van der Waals surface area (Å²) in [5.41, 5.74) is 0. The number of carbonyl (C=O) groups is 2. The summed E-state index contributed by atoms with van der Waals surface area (Å²) in [6.07, 6.45) is 2.89. The third kappa shape index (κ3) is 5.11. The first-order valence-electron chi connectivity index (χ1n) is 5.86. The minimum atomic E-state index is -0.774. The smallest absolute Gasteiger partial charge is 0.304 e. The maximum absolute atomic E-state index is 11.3. The predicted molar refractivity (Wildman–Crippen MR) is 60.1 cm³/mol. The van der Waals surface area contributed by atoms with Crippen LogP contribution in [0, 0.1) is 0 Å². The van der Waals surface area contributed by atoms with Crippen LogP contribution in [0.15, 0.2) is 0 Å². The van der Waals surface area contributed by atoms with Crippen LogP contribution in [0.4, 0.5) is 0 Å². The largest absolute Gasteiger partial charge is 0.481 e. The standard InChI is InChI=1S/C11H20N2O3/c1-2-12-10(14)5-7-13(9-3-4-9)8-6-11(15)16/h9H,2-8H2,1H3,(H,12,14)(H,15,16). The summed E-state index contributed by atoms with van der Waals surface area (Å²) in [7, 11) is 0. The van der Waals surface area contributed by atoms with Gasteiger partial charge in [0.25, 0.3) is 0 Å². The van der Waals surface area contributed by atoms with Crippen molar-refractivity contribution in [2.24, 2.45) is 0 Å². The zero-order valence-corrected chi connectivity index (χ0v) is 9.74. The van der Waals surface area contributed by atoms with E-state index in [1.54, 1.807) is 0 Å². The van der Waals surface area contributed by atoms with Gasteiger partial charge in [-0.2, -0.15) is 0 Å². The first-order chi connectivity index (χ1) is 7.63. The van der Waals surface area contributed by atoms with E-state index in [1.165, 1.54) is 0 Å². The topological polar surface area (TPSA) is 69.6 Å². The minimum Gasteiger partial charge on any atom is -0.481 e. The molecule has 0 spiro atoms. The summed E-state index contributed by atoms with van der Waals surface area (Å²) in [5, 5.41) is 11.4. The molecule has 0 heterocycles. The van der Waals surface area contributed by atoms with Crippen molar-refractivity contribution in [1.29, 1.82) is 0 Å². The molecule has 1 amide bonds. The maximum atomic E-state index is 11.3. The molecule has 16 heavy (non-hydrogen) atoms. The van der Waals surface area contributed by atoms with Gasteiger partial charge in [-0.15, -0.1) is 0 Å². The number of carboxylic acids is 1. The number of hydrogen-bond donors (Lipinski definition) is 2. The van der Waals surface area contributed by atoms with Crippen LogP contribution in [0.2, 0.25) is 0 Å². The molecule has 0 radical (unpaired) electrons. The van der Waals surface area contributed by atoms with Gasteiger partial charge in [0, 0.05) is 32.1 Å². The van der Waals surface area contributed by atoms with E-state index >= 15 is 0 Å². The van der Waals surface area contributed by atoms with Crippen molar-refractivity contribution in [1.82, 2.24) is 10.2 Å². The highest BCUT2D eigenvalue weighted by molar-refractivity contribution is 5.76. The average molecular weight is 228 g/mol. The first kappa shape index (κ1) is 13.0. The highest BCUT2D eigenvalue weighted by Crippen LogP contribution is 2.26. The van der Waals surface area contributed by atoms with Crippen molar-refractivity contribution in [3.63, 3.8) is 0 Å². The molecule has 0 atom stereocenters. The molecule has 0 bridgehead atoms. The molecule has 0 aromatic rings. The third-order valence-corrected chi connectivity index (χ3v) is 2.68. The Labute approximate surface area is 95.8 Å². The van der Waals surface area contributed by atoms with E-state index in [2.05, 4.69) is 10.2 Å². The highest BCUT2D eigenvalue weighted by atomic mass is 16.4. The molecule has 92 valence electrons. The molecule has 0 unspecified atom stereocenters. The van der Waals surface area contributed by atoms with Gasteiger partial charge in [-0.25, -0.2) is 0 Å². The van der Waals surface area contributed by atoms with Gasteiger partial charge in [0.1, 0.15) is 0 Å². The van der Waals surface area contributed by atoms with Crippen LogP contribution < -0.4 is 5.32 Å². The summed E-state index contributed by atoms with van der Waals surface area (Å²) in [6, 6.07) is 0.508. The highest BCUT2D eigenvalue weighted by Gasteiger charge is 2.28. The molecule has 1 saturated carbocycles. The number of carboxylic acid groups (broad SMARTS) is 1. The van der Waals surface area contributed by atoms with E-state index in [1.807, 2.05) is 6.92 Å².